The van der Waals surface area contributed by atoms with Crippen LogP contribution in [0.25, 0.3) is 0 Å². The lowest BCUT2D eigenvalue weighted by Crippen LogP contribution is -2.08. The Balaban J connectivity index is 2.13. The number of aromatic nitrogens is 2. The molecule has 1 aliphatic carbocycles. The van der Waals surface area contributed by atoms with E-state index < -0.39 is 0 Å². The molecule has 2 N–H and O–H groups in total. The van der Waals surface area contributed by atoms with E-state index in [1.165, 1.54) is 49.1 Å². The molecule has 0 amide bonds. The normalized spacial score (nSPS) is 18.3. The Hall–Kier alpha value is -0.830. The molecule has 1 heterocycles. The van der Waals surface area contributed by atoms with E-state index in [0.717, 1.165) is 6.54 Å². The monoisotopic (exact) mass is 207 g/mol. The van der Waals surface area contributed by atoms with Gasteiger partial charge in [0.2, 0.25) is 0 Å². The average Bonchev–Trinajstić information content (AvgIpc) is 2.63. The minimum absolute atomic E-state index is 0.709. The predicted molar refractivity (Wildman–Crippen MR) is 61.9 cm³/mol. The van der Waals surface area contributed by atoms with Crippen LogP contribution in [0, 0.1) is 6.92 Å². The molecular formula is C12H21N3. The highest BCUT2D eigenvalue weighted by Gasteiger charge is 2.20. The second-order valence-corrected chi connectivity index (χ2v) is 4.58. The van der Waals surface area contributed by atoms with E-state index >= 15 is 0 Å². The van der Waals surface area contributed by atoms with Gasteiger partial charge in [-0.05, 0) is 32.4 Å². The summed E-state index contributed by atoms with van der Waals surface area (Å²) in [5.41, 5.74) is 3.94. The second-order valence-electron chi connectivity index (χ2n) is 4.58. The van der Waals surface area contributed by atoms with Crippen molar-refractivity contribution in [1.82, 2.24) is 15.5 Å². The first-order valence-corrected chi connectivity index (χ1v) is 6.01. The molecule has 0 aliphatic heterocycles. The van der Waals surface area contributed by atoms with Gasteiger partial charge >= 0.3 is 0 Å². The summed E-state index contributed by atoms with van der Waals surface area (Å²) in [6.07, 6.45) is 6.80. The Morgan fingerprint density at radius 2 is 2.07 bits per heavy atom. The van der Waals surface area contributed by atoms with Crippen LogP contribution in [0.2, 0.25) is 0 Å². The number of aromatic amines is 1. The van der Waals surface area contributed by atoms with Crippen molar-refractivity contribution in [3.8, 4) is 0 Å². The number of rotatable bonds is 3. The number of nitrogens with zero attached hydrogens (tertiary/aromatic N) is 1. The van der Waals surface area contributed by atoms with Crippen LogP contribution in [0.3, 0.4) is 0 Å². The van der Waals surface area contributed by atoms with Gasteiger partial charge in [-0.25, -0.2) is 0 Å². The fourth-order valence-corrected chi connectivity index (χ4v) is 2.57. The lowest BCUT2D eigenvalue weighted by molar-refractivity contribution is 0.435. The molecule has 15 heavy (non-hydrogen) atoms. The highest BCUT2D eigenvalue weighted by Crippen LogP contribution is 2.33. The van der Waals surface area contributed by atoms with E-state index in [2.05, 4.69) is 22.4 Å². The minimum Gasteiger partial charge on any atom is -0.314 e. The third kappa shape index (κ3) is 2.23. The molecule has 1 aliphatic rings. The first-order valence-electron chi connectivity index (χ1n) is 6.01. The SMILES string of the molecule is CNCc1[nH]nc(C2CCCCC2)c1C. The van der Waals surface area contributed by atoms with Crippen molar-refractivity contribution in [3.63, 3.8) is 0 Å². The van der Waals surface area contributed by atoms with Gasteiger partial charge in [0, 0.05) is 12.5 Å². The van der Waals surface area contributed by atoms with Gasteiger partial charge in [-0.1, -0.05) is 19.3 Å². The molecule has 1 fully saturated rings. The summed E-state index contributed by atoms with van der Waals surface area (Å²) in [7, 11) is 1.97. The molecule has 0 spiro atoms. The maximum Gasteiger partial charge on any atom is 0.0685 e. The first kappa shape index (κ1) is 10.7. The van der Waals surface area contributed by atoms with Crippen molar-refractivity contribution in [2.75, 3.05) is 7.05 Å². The lowest BCUT2D eigenvalue weighted by atomic mass is 9.85. The van der Waals surface area contributed by atoms with E-state index in [4.69, 9.17) is 0 Å². The van der Waals surface area contributed by atoms with Gasteiger partial charge < -0.3 is 5.32 Å². The molecule has 0 aromatic carbocycles. The second kappa shape index (κ2) is 4.79. The van der Waals surface area contributed by atoms with Crippen LogP contribution in [0.4, 0.5) is 0 Å². The fourth-order valence-electron chi connectivity index (χ4n) is 2.57. The number of hydrogen-bond donors (Lipinski definition) is 2. The molecule has 1 aromatic rings. The maximum absolute atomic E-state index is 4.49. The van der Waals surface area contributed by atoms with Crippen LogP contribution in [0.5, 0.6) is 0 Å². The summed E-state index contributed by atoms with van der Waals surface area (Å²) >= 11 is 0. The Morgan fingerprint density at radius 3 is 2.73 bits per heavy atom. The maximum atomic E-state index is 4.49. The zero-order valence-corrected chi connectivity index (χ0v) is 9.77. The van der Waals surface area contributed by atoms with Crippen LogP contribution in [-0.2, 0) is 6.54 Å². The summed E-state index contributed by atoms with van der Waals surface area (Å²) in [4.78, 5) is 0. The van der Waals surface area contributed by atoms with Gasteiger partial charge in [-0.15, -0.1) is 0 Å². The molecule has 1 saturated carbocycles. The Bertz CT molecular complexity index is 311. The molecule has 84 valence electrons. The van der Waals surface area contributed by atoms with Crippen molar-refractivity contribution in [2.45, 2.75) is 51.5 Å². The van der Waals surface area contributed by atoms with Crippen LogP contribution in [0.15, 0.2) is 0 Å². The number of hydrogen-bond acceptors (Lipinski definition) is 2. The summed E-state index contributed by atoms with van der Waals surface area (Å²) in [5.74, 6) is 0.709. The third-order valence-electron chi connectivity index (χ3n) is 3.49. The quantitative estimate of drug-likeness (QED) is 0.799. The highest BCUT2D eigenvalue weighted by atomic mass is 15.1. The van der Waals surface area contributed by atoms with Gasteiger partial charge in [0.1, 0.15) is 0 Å². The van der Waals surface area contributed by atoms with Crippen LogP contribution >= 0.6 is 0 Å². The smallest absolute Gasteiger partial charge is 0.0685 e. The average molecular weight is 207 g/mol. The minimum atomic E-state index is 0.709. The Kier molecular flexibility index (Phi) is 3.41. The van der Waals surface area contributed by atoms with E-state index in [-0.39, 0.29) is 0 Å². The van der Waals surface area contributed by atoms with Crippen molar-refractivity contribution >= 4 is 0 Å². The molecule has 0 bridgehead atoms. The van der Waals surface area contributed by atoms with E-state index in [9.17, 15) is 0 Å². The van der Waals surface area contributed by atoms with E-state index in [1.54, 1.807) is 0 Å². The molecule has 0 saturated heterocycles. The molecule has 0 unspecified atom stereocenters. The number of H-pyrrole nitrogens is 1. The van der Waals surface area contributed by atoms with Crippen molar-refractivity contribution < 1.29 is 0 Å². The van der Waals surface area contributed by atoms with Gasteiger partial charge in [0.25, 0.3) is 0 Å². The topological polar surface area (TPSA) is 40.7 Å². The molecule has 0 atom stereocenters. The van der Waals surface area contributed by atoms with E-state index in [0.29, 0.717) is 5.92 Å². The van der Waals surface area contributed by atoms with Gasteiger partial charge in [0.05, 0.1) is 11.4 Å². The van der Waals surface area contributed by atoms with Crippen LogP contribution in [0.1, 0.15) is 55.0 Å². The first-order chi connectivity index (χ1) is 7.33. The fraction of sp³-hybridized carbons (Fsp3) is 0.750. The van der Waals surface area contributed by atoms with Crippen molar-refractivity contribution in [1.29, 1.82) is 0 Å². The highest BCUT2D eigenvalue weighted by molar-refractivity contribution is 5.26. The third-order valence-corrected chi connectivity index (χ3v) is 3.49. The summed E-state index contributed by atoms with van der Waals surface area (Å²) < 4.78 is 0. The van der Waals surface area contributed by atoms with Gasteiger partial charge in [-0.3, -0.25) is 5.10 Å². The molecule has 3 nitrogen and oxygen atoms in total. The lowest BCUT2D eigenvalue weighted by Gasteiger charge is -2.20. The molecule has 3 heteroatoms. The largest absolute Gasteiger partial charge is 0.314 e. The zero-order chi connectivity index (χ0) is 10.7. The molecule has 2 rings (SSSR count). The standard InChI is InChI=1S/C12H21N3/c1-9-11(8-13-2)14-15-12(9)10-6-4-3-5-7-10/h10,13H,3-8H2,1-2H3,(H,14,15). The van der Waals surface area contributed by atoms with E-state index in [1.807, 2.05) is 7.05 Å². The number of nitrogens with one attached hydrogen (secondary N) is 2. The van der Waals surface area contributed by atoms with Crippen LogP contribution < -0.4 is 5.32 Å². The molecule has 1 aromatic heterocycles. The summed E-state index contributed by atoms with van der Waals surface area (Å²) in [6, 6.07) is 0. The molecular weight excluding hydrogens is 186 g/mol. The summed E-state index contributed by atoms with van der Waals surface area (Å²) in [6.45, 7) is 3.09. The molecule has 0 radical (unpaired) electrons. The predicted octanol–water partition coefficient (Wildman–Crippen LogP) is 2.49. The summed E-state index contributed by atoms with van der Waals surface area (Å²) in [5, 5.41) is 10.8. The van der Waals surface area contributed by atoms with Crippen molar-refractivity contribution in [2.24, 2.45) is 0 Å². The van der Waals surface area contributed by atoms with Crippen LogP contribution in [-0.4, -0.2) is 17.2 Å². The zero-order valence-electron chi connectivity index (χ0n) is 9.77. The Labute approximate surface area is 91.7 Å². The van der Waals surface area contributed by atoms with Gasteiger partial charge in [0.15, 0.2) is 0 Å². The van der Waals surface area contributed by atoms with Gasteiger partial charge in [-0.2, -0.15) is 5.10 Å². The Morgan fingerprint density at radius 1 is 1.33 bits per heavy atom. The van der Waals surface area contributed by atoms with Crippen molar-refractivity contribution in [3.05, 3.63) is 17.0 Å².